The number of ether oxygens (including phenoxy) is 1. The molecule has 0 bridgehead atoms. The SMILES string of the molecule is CCOCCCN(CCC(=O)Nc1ccc(C)cc1)C(=O)c1cnccn1. The molecule has 0 aliphatic rings. The van der Waals surface area contributed by atoms with Crippen molar-refractivity contribution in [2.24, 2.45) is 0 Å². The van der Waals surface area contributed by atoms with Gasteiger partial charge in [-0.2, -0.15) is 0 Å². The second-order valence-corrected chi connectivity index (χ2v) is 6.10. The van der Waals surface area contributed by atoms with Crippen LogP contribution in [0.2, 0.25) is 0 Å². The Morgan fingerprint density at radius 2 is 1.93 bits per heavy atom. The predicted octanol–water partition coefficient (Wildman–Crippen LogP) is 2.68. The van der Waals surface area contributed by atoms with Crippen LogP contribution in [0.5, 0.6) is 0 Å². The van der Waals surface area contributed by atoms with Gasteiger partial charge in [-0.05, 0) is 32.4 Å². The lowest BCUT2D eigenvalue weighted by Crippen LogP contribution is -2.35. The molecule has 7 nitrogen and oxygen atoms in total. The Labute approximate surface area is 159 Å². The predicted molar refractivity (Wildman–Crippen MR) is 103 cm³/mol. The first kappa shape index (κ1) is 20.5. The van der Waals surface area contributed by atoms with Crippen LogP contribution < -0.4 is 5.32 Å². The highest BCUT2D eigenvalue weighted by molar-refractivity contribution is 5.93. The van der Waals surface area contributed by atoms with E-state index < -0.39 is 0 Å². The smallest absolute Gasteiger partial charge is 0.274 e. The van der Waals surface area contributed by atoms with Crippen LogP contribution in [-0.4, -0.2) is 53.0 Å². The van der Waals surface area contributed by atoms with E-state index in [1.165, 1.54) is 18.6 Å². The third kappa shape index (κ3) is 7.15. The number of carbonyl (C=O) groups is 2. The largest absolute Gasteiger partial charge is 0.382 e. The van der Waals surface area contributed by atoms with Gasteiger partial charge >= 0.3 is 0 Å². The zero-order valence-corrected chi connectivity index (χ0v) is 15.9. The summed E-state index contributed by atoms with van der Waals surface area (Å²) in [5, 5.41) is 2.85. The molecule has 2 aromatic rings. The van der Waals surface area contributed by atoms with Gasteiger partial charge in [0.15, 0.2) is 0 Å². The van der Waals surface area contributed by atoms with E-state index in [1.54, 1.807) is 4.90 Å². The molecule has 2 rings (SSSR count). The zero-order chi connectivity index (χ0) is 19.5. The summed E-state index contributed by atoms with van der Waals surface area (Å²) >= 11 is 0. The molecule has 1 N–H and O–H groups in total. The molecule has 1 heterocycles. The molecule has 0 spiro atoms. The highest BCUT2D eigenvalue weighted by Gasteiger charge is 2.18. The van der Waals surface area contributed by atoms with Crippen molar-refractivity contribution in [1.82, 2.24) is 14.9 Å². The van der Waals surface area contributed by atoms with E-state index in [4.69, 9.17) is 4.74 Å². The van der Waals surface area contributed by atoms with Gasteiger partial charge < -0.3 is 15.0 Å². The van der Waals surface area contributed by atoms with Gasteiger partial charge in [0.2, 0.25) is 5.91 Å². The van der Waals surface area contributed by atoms with Gasteiger partial charge in [-0.3, -0.25) is 14.6 Å². The minimum Gasteiger partial charge on any atom is -0.382 e. The lowest BCUT2D eigenvalue weighted by molar-refractivity contribution is -0.116. The van der Waals surface area contributed by atoms with Crippen LogP contribution in [0.4, 0.5) is 5.69 Å². The van der Waals surface area contributed by atoms with Gasteiger partial charge in [-0.15, -0.1) is 0 Å². The zero-order valence-electron chi connectivity index (χ0n) is 15.9. The van der Waals surface area contributed by atoms with Crippen molar-refractivity contribution in [3.05, 3.63) is 54.1 Å². The van der Waals surface area contributed by atoms with Crippen LogP contribution in [0.1, 0.15) is 35.8 Å². The minimum atomic E-state index is -0.234. The Bertz CT molecular complexity index is 720. The standard InChI is InChI=1S/C20H26N4O3/c1-3-27-14-4-12-24(20(26)18-15-21-10-11-22-18)13-9-19(25)23-17-7-5-16(2)6-8-17/h5-8,10-11,15H,3-4,9,12-14H2,1-2H3,(H,23,25). The summed E-state index contributed by atoms with van der Waals surface area (Å²) in [6, 6.07) is 7.59. The van der Waals surface area contributed by atoms with Gasteiger partial charge in [0.25, 0.3) is 5.91 Å². The van der Waals surface area contributed by atoms with E-state index in [1.807, 2.05) is 38.1 Å². The molecule has 0 fully saturated rings. The summed E-state index contributed by atoms with van der Waals surface area (Å²) < 4.78 is 5.34. The number of carbonyl (C=O) groups excluding carboxylic acids is 2. The Hall–Kier alpha value is -2.80. The molecule has 7 heteroatoms. The summed E-state index contributed by atoms with van der Waals surface area (Å²) in [5.41, 5.74) is 2.14. The van der Waals surface area contributed by atoms with Crippen molar-refractivity contribution in [2.75, 3.05) is 31.6 Å². The van der Waals surface area contributed by atoms with Crippen molar-refractivity contribution in [3.8, 4) is 0 Å². The molecule has 0 aliphatic heterocycles. The number of rotatable bonds is 10. The van der Waals surface area contributed by atoms with Gasteiger partial charge in [0, 0.05) is 50.8 Å². The van der Waals surface area contributed by atoms with E-state index in [9.17, 15) is 9.59 Å². The molecule has 0 saturated carbocycles. The first-order valence-electron chi connectivity index (χ1n) is 9.09. The van der Waals surface area contributed by atoms with Gasteiger partial charge in [-0.1, -0.05) is 17.7 Å². The van der Waals surface area contributed by atoms with E-state index in [0.29, 0.717) is 32.7 Å². The molecule has 27 heavy (non-hydrogen) atoms. The number of aromatic nitrogens is 2. The van der Waals surface area contributed by atoms with E-state index in [-0.39, 0.29) is 23.9 Å². The molecule has 0 atom stereocenters. The number of hydrogen-bond acceptors (Lipinski definition) is 5. The van der Waals surface area contributed by atoms with E-state index in [0.717, 1.165) is 11.3 Å². The number of nitrogens with one attached hydrogen (secondary N) is 1. The van der Waals surface area contributed by atoms with Crippen LogP contribution in [0.15, 0.2) is 42.9 Å². The number of amides is 2. The summed E-state index contributed by atoms with van der Waals surface area (Å²) in [4.78, 5) is 34.5. The summed E-state index contributed by atoms with van der Waals surface area (Å²) in [5.74, 6) is -0.372. The van der Waals surface area contributed by atoms with Crippen LogP contribution in [0.25, 0.3) is 0 Å². The maximum atomic E-state index is 12.7. The fourth-order valence-corrected chi connectivity index (χ4v) is 2.49. The number of aryl methyl sites for hydroxylation is 1. The Balaban J connectivity index is 1.92. The average molecular weight is 370 g/mol. The molecular formula is C20H26N4O3. The van der Waals surface area contributed by atoms with Gasteiger partial charge in [0.05, 0.1) is 6.20 Å². The molecule has 2 amide bonds. The molecular weight excluding hydrogens is 344 g/mol. The number of nitrogens with zero attached hydrogens (tertiary/aromatic N) is 3. The van der Waals surface area contributed by atoms with Crippen LogP contribution in [0.3, 0.4) is 0 Å². The highest BCUT2D eigenvalue weighted by Crippen LogP contribution is 2.10. The molecule has 144 valence electrons. The summed E-state index contributed by atoms with van der Waals surface area (Å²) in [6.07, 6.45) is 5.33. The van der Waals surface area contributed by atoms with Crippen molar-refractivity contribution in [3.63, 3.8) is 0 Å². The Morgan fingerprint density at radius 3 is 2.59 bits per heavy atom. The van der Waals surface area contributed by atoms with Crippen molar-refractivity contribution in [1.29, 1.82) is 0 Å². The third-order valence-corrected chi connectivity index (χ3v) is 3.93. The van der Waals surface area contributed by atoms with E-state index in [2.05, 4.69) is 15.3 Å². The maximum Gasteiger partial charge on any atom is 0.274 e. The lowest BCUT2D eigenvalue weighted by Gasteiger charge is -2.22. The second-order valence-electron chi connectivity index (χ2n) is 6.10. The quantitative estimate of drug-likeness (QED) is 0.650. The topological polar surface area (TPSA) is 84.4 Å². The molecule has 0 saturated heterocycles. The number of benzene rings is 1. The molecule has 1 aromatic carbocycles. The van der Waals surface area contributed by atoms with Crippen molar-refractivity contribution >= 4 is 17.5 Å². The normalized spacial score (nSPS) is 10.4. The first-order chi connectivity index (χ1) is 13.1. The van der Waals surface area contributed by atoms with Crippen molar-refractivity contribution in [2.45, 2.75) is 26.7 Å². The van der Waals surface area contributed by atoms with E-state index >= 15 is 0 Å². The van der Waals surface area contributed by atoms with Crippen LogP contribution in [0, 0.1) is 6.92 Å². The Kier molecular flexibility index (Phi) is 8.38. The van der Waals surface area contributed by atoms with Gasteiger partial charge in [-0.25, -0.2) is 4.98 Å². The van der Waals surface area contributed by atoms with Crippen molar-refractivity contribution < 1.29 is 14.3 Å². The molecule has 0 unspecified atom stereocenters. The third-order valence-electron chi connectivity index (χ3n) is 3.93. The highest BCUT2D eigenvalue weighted by atomic mass is 16.5. The fraction of sp³-hybridized carbons (Fsp3) is 0.400. The maximum absolute atomic E-state index is 12.7. The van der Waals surface area contributed by atoms with Gasteiger partial charge in [0.1, 0.15) is 5.69 Å². The van der Waals surface area contributed by atoms with Crippen LogP contribution >= 0.6 is 0 Å². The monoisotopic (exact) mass is 370 g/mol. The minimum absolute atomic E-state index is 0.138. The first-order valence-corrected chi connectivity index (χ1v) is 9.09. The molecule has 0 aliphatic carbocycles. The Morgan fingerprint density at radius 1 is 1.15 bits per heavy atom. The van der Waals surface area contributed by atoms with Crippen LogP contribution in [-0.2, 0) is 9.53 Å². The second kappa shape index (κ2) is 11.0. The number of hydrogen-bond donors (Lipinski definition) is 1. The number of anilines is 1. The molecule has 1 aromatic heterocycles. The fourth-order valence-electron chi connectivity index (χ4n) is 2.49. The summed E-state index contributed by atoms with van der Waals surface area (Å²) in [7, 11) is 0. The lowest BCUT2D eigenvalue weighted by atomic mass is 10.2. The molecule has 0 radical (unpaired) electrons. The average Bonchev–Trinajstić information content (AvgIpc) is 2.69. The summed E-state index contributed by atoms with van der Waals surface area (Å²) in [6.45, 7) is 5.92.